The van der Waals surface area contributed by atoms with E-state index in [4.69, 9.17) is 4.74 Å². The minimum absolute atomic E-state index is 0.240. The third-order valence-electron chi connectivity index (χ3n) is 6.28. The summed E-state index contributed by atoms with van der Waals surface area (Å²) in [6.07, 6.45) is -6.37. The van der Waals surface area contributed by atoms with Crippen LogP contribution in [-0.4, -0.2) is 38.9 Å². The zero-order valence-corrected chi connectivity index (χ0v) is 17.9. The highest BCUT2D eigenvalue weighted by Gasteiger charge is 2.57. The van der Waals surface area contributed by atoms with Crippen molar-refractivity contribution >= 4 is 0 Å². The monoisotopic (exact) mass is 446 g/mol. The van der Waals surface area contributed by atoms with Gasteiger partial charge >= 0.3 is 6.18 Å². The van der Waals surface area contributed by atoms with E-state index in [1.165, 1.54) is 0 Å². The summed E-state index contributed by atoms with van der Waals surface area (Å²) in [4.78, 5) is 0. The van der Waals surface area contributed by atoms with Gasteiger partial charge in [0.1, 0.15) is 11.4 Å². The molecule has 0 atom stereocenters. The molecule has 5 nitrogen and oxygen atoms in total. The normalized spacial score (nSPS) is 23.8. The van der Waals surface area contributed by atoms with Crippen LogP contribution in [0.1, 0.15) is 36.9 Å². The number of ether oxygens (including phenoxy) is 1. The molecule has 0 radical (unpaired) electrons. The summed E-state index contributed by atoms with van der Waals surface area (Å²) in [5, 5.41) is 25.8. The van der Waals surface area contributed by atoms with Crippen LogP contribution < -0.4 is 4.74 Å². The third kappa shape index (κ3) is 4.00. The summed E-state index contributed by atoms with van der Waals surface area (Å²) in [5.74, 6) is 0.676. The van der Waals surface area contributed by atoms with Gasteiger partial charge in [-0.1, -0.05) is 29.8 Å². The van der Waals surface area contributed by atoms with E-state index < -0.39 is 30.2 Å². The molecule has 1 aliphatic carbocycles. The lowest BCUT2D eigenvalue weighted by Gasteiger charge is -2.40. The minimum atomic E-state index is -4.73. The fraction of sp³-hybridized carbons (Fsp3) is 0.375. The van der Waals surface area contributed by atoms with Crippen molar-refractivity contribution in [3.8, 4) is 22.7 Å². The van der Waals surface area contributed by atoms with Crippen LogP contribution in [0.4, 0.5) is 13.2 Å². The third-order valence-corrected chi connectivity index (χ3v) is 6.28. The maximum absolute atomic E-state index is 13.2. The van der Waals surface area contributed by atoms with Crippen molar-refractivity contribution in [2.24, 2.45) is 0 Å². The van der Waals surface area contributed by atoms with Gasteiger partial charge in [0.2, 0.25) is 0 Å². The van der Waals surface area contributed by atoms with Crippen molar-refractivity contribution in [2.45, 2.75) is 50.0 Å². The smallest absolute Gasteiger partial charge is 0.417 e. The van der Waals surface area contributed by atoms with Crippen LogP contribution in [0, 0.1) is 6.92 Å². The lowest BCUT2D eigenvalue weighted by Crippen LogP contribution is -2.51. The molecule has 1 aromatic heterocycles. The van der Waals surface area contributed by atoms with Gasteiger partial charge in [0.25, 0.3) is 0 Å². The molecule has 8 heteroatoms. The van der Waals surface area contributed by atoms with Crippen molar-refractivity contribution in [3.05, 3.63) is 65.9 Å². The molecule has 0 aliphatic heterocycles. The fourth-order valence-electron chi connectivity index (χ4n) is 4.08. The number of benzene rings is 2. The van der Waals surface area contributed by atoms with Gasteiger partial charge in [0.05, 0.1) is 24.2 Å². The van der Waals surface area contributed by atoms with E-state index in [-0.39, 0.29) is 18.5 Å². The van der Waals surface area contributed by atoms with Gasteiger partial charge in [-0.05, 0) is 62.9 Å². The first-order valence-corrected chi connectivity index (χ1v) is 10.4. The van der Waals surface area contributed by atoms with E-state index in [2.05, 4.69) is 5.10 Å². The van der Waals surface area contributed by atoms with Crippen molar-refractivity contribution in [3.63, 3.8) is 0 Å². The zero-order valence-electron chi connectivity index (χ0n) is 17.9. The SMILES string of the molecule is COc1ccc(-n2nc([C@]3(O)CC[C@](O)(C(F)(F)F)CC3)cc2-c2ccc(C)cc2)cc1. The molecule has 1 fully saturated rings. The Morgan fingerprint density at radius 3 is 2.06 bits per heavy atom. The molecule has 1 saturated carbocycles. The quantitative estimate of drug-likeness (QED) is 0.598. The zero-order chi connectivity index (χ0) is 23.1. The minimum Gasteiger partial charge on any atom is -0.497 e. The lowest BCUT2D eigenvalue weighted by atomic mass is 9.74. The molecule has 2 N–H and O–H groups in total. The van der Waals surface area contributed by atoms with Crippen LogP contribution in [0.2, 0.25) is 0 Å². The first-order valence-electron chi connectivity index (χ1n) is 10.4. The molecular weight excluding hydrogens is 421 g/mol. The second kappa shape index (κ2) is 7.94. The van der Waals surface area contributed by atoms with E-state index in [0.717, 1.165) is 16.8 Å². The molecule has 170 valence electrons. The summed E-state index contributed by atoms with van der Waals surface area (Å²) in [7, 11) is 1.57. The molecule has 0 amide bonds. The number of hydrogen-bond acceptors (Lipinski definition) is 4. The summed E-state index contributed by atoms with van der Waals surface area (Å²) >= 11 is 0. The molecular formula is C24H25F3N2O3. The highest BCUT2D eigenvalue weighted by Crippen LogP contribution is 2.48. The second-order valence-electron chi connectivity index (χ2n) is 8.45. The first-order chi connectivity index (χ1) is 15.0. The average Bonchev–Trinajstić information content (AvgIpc) is 3.22. The first kappa shape index (κ1) is 22.4. The number of aryl methyl sites for hydroxylation is 1. The van der Waals surface area contributed by atoms with Gasteiger partial charge in [0, 0.05) is 5.56 Å². The second-order valence-corrected chi connectivity index (χ2v) is 8.45. The predicted octanol–water partition coefficient (Wildman–Crippen LogP) is 4.91. The summed E-state index contributed by atoms with van der Waals surface area (Å²) in [6, 6.07) is 16.7. The Kier molecular flexibility index (Phi) is 5.55. The van der Waals surface area contributed by atoms with Crippen molar-refractivity contribution in [2.75, 3.05) is 7.11 Å². The van der Waals surface area contributed by atoms with E-state index in [1.807, 2.05) is 43.3 Å². The standard InChI is InChI=1S/C24H25F3N2O3/c1-16-3-5-17(6-4-16)20-15-21(28-29(20)18-7-9-19(32-2)10-8-18)22(30)11-13-23(31,14-12-22)24(25,26)27/h3-10,15,30-31H,11-14H2,1-2H3/t22-,23+. The Hall–Kier alpha value is -2.84. The van der Waals surface area contributed by atoms with Crippen LogP contribution in [0.15, 0.2) is 54.6 Å². The Morgan fingerprint density at radius 2 is 1.53 bits per heavy atom. The Bertz CT molecular complexity index is 1080. The highest BCUT2D eigenvalue weighted by atomic mass is 19.4. The van der Waals surface area contributed by atoms with Gasteiger partial charge in [-0.25, -0.2) is 4.68 Å². The van der Waals surface area contributed by atoms with Gasteiger partial charge < -0.3 is 14.9 Å². The number of alkyl halides is 3. The van der Waals surface area contributed by atoms with Gasteiger partial charge in [-0.2, -0.15) is 18.3 Å². The maximum Gasteiger partial charge on any atom is 0.417 e. The van der Waals surface area contributed by atoms with Crippen molar-refractivity contribution < 1.29 is 28.1 Å². The lowest BCUT2D eigenvalue weighted by molar-refractivity contribution is -0.279. The summed E-state index contributed by atoms with van der Waals surface area (Å²) in [6.45, 7) is 1.97. The summed E-state index contributed by atoms with van der Waals surface area (Å²) < 4.78 is 46.6. The largest absolute Gasteiger partial charge is 0.497 e. The Labute approximate surface area is 184 Å². The molecule has 4 rings (SSSR count). The number of aliphatic hydroxyl groups is 2. The maximum atomic E-state index is 13.2. The molecule has 3 aromatic rings. The molecule has 0 spiro atoms. The van der Waals surface area contributed by atoms with Crippen molar-refractivity contribution in [1.82, 2.24) is 9.78 Å². The van der Waals surface area contributed by atoms with E-state index in [1.54, 1.807) is 30.0 Å². The number of halogens is 3. The van der Waals surface area contributed by atoms with Crippen LogP contribution in [0.3, 0.4) is 0 Å². The Morgan fingerprint density at radius 1 is 0.938 bits per heavy atom. The Balaban J connectivity index is 1.74. The van der Waals surface area contributed by atoms with Crippen LogP contribution >= 0.6 is 0 Å². The number of nitrogens with zero attached hydrogens (tertiary/aromatic N) is 2. The van der Waals surface area contributed by atoms with Crippen molar-refractivity contribution in [1.29, 1.82) is 0 Å². The van der Waals surface area contributed by atoms with Gasteiger partial charge in [-0.3, -0.25) is 0 Å². The molecule has 0 unspecified atom stereocenters. The van der Waals surface area contributed by atoms with Gasteiger partial charge in [0.15, 0.2) is 5.60 Å². The summed E-state index contributed by atoms with van der Waals surface area (Å²) in [5.41, 5.74) is -0.688. The molecule has 1 heterocycles. The number of hydrogen-bond donors (Lipinski definition) is 2. The topological polar surface area (TPSA) is 67.5 Å². The molecule has 32 heavy (non-hydrogen) atoms. The molecule has 0 bridgehead atoms. The highest BCUT2D eigenvalue weighted by molar-refractivity contribution is 5.63. The molecule has 0 saturated heterocycles. The van der Waals surface area contributed by atoms with E-state index in [0.29, 0.717) is 11.4 Å². The number of methoxy groups -OCH3 is 1. The van der Waals surface area contributed by atoms with E-state index in [9.17, 15) is 23.4 Å². The van der Waals surface area contributed by atoms with Crippen LogP contribution in [0.25, 0.3) is 16.9 Å². The van der Waals surface area contributed by atoms with Gasteiger partial charge in [-0.15, -0.1) is 0 Å². The number of rotatable bonds is 4. The predicted molar refractivity (Wildman–Crippen MR) is 114 cm³/mol. The number of aromatic nitrogens is 2. The van der Waals surface area contributed by atoms with E-state index >= 15 is 0 Å². The van der Waals surface area contributed by atoms with Crippen LogP contribution in [-0.2, 0) is 5.60 Å². The molecule has 1 aliphatic rings. The molecule has 2 aromatic carbocycles. The average molecular weight is 446 g/mol. The fourth-order valence-corrected chi connectivity index (χ4v) is 4.08. The van der Waals surface area contributed by atoms with Crippen LogP contribution in [0.5, 0.6) is 5.75 Å².